The average molecular weight is 415 g/mol. The maximum atomic E-state index is 13.5. The Balaban J connectivity index is 1.86. The van der Waals surface area contributed by atoms with Gasteiger partial charge in [-0.05, 0) is 43.7 Å². The number of hydrogen-bond acceptors (Lipinski definition) is 6. The number of methoxy groups -OCH3 is 2. The number of ketones is 1. The highest BCUT2D eigenvalue weighted by molar-refractivity contribution is 6.14. The quantitative estimate of drug-likeness (QED) is 0.510. The average Bonchev–Trinajstić information content (AvgIpc) is 3.32. The van der Waals surface area contributed by atoms with Gasteiger partial charge in [-0.2, -0.15) is 0 Å². The molecule has 7 nitrogen and oxygen atoms in total. The van der Waals surface area contributed by atoms with Gasteiger partial charge < -0.3 is 18.8 Å². The van der Waals surface area contributed by atoms with Crippen molar-refractivity contribution < 1.29 is 32.7 Å². The van der Waals surface area contributed by atoms with E-state index in [9.17, 15) is 18.8 Å². The molecule has 1 aromatic heterocycles. The van der Waals surface area contributed by atoms with Crippen molar-refractivity contribution in [3.8, 4) is 0 Å². The van der Waals surface area contributed by atoms with Crippen LogP contribution in [0.15, 0.2) is 46.1 Å². The van der Waals surface area contributed by atoms with Gasteiger partial charge in [0.15, 0.2) is 11.5 Å². The number of nitrogens with zero attached hydrogens (tertiary/aromatic N) is 1. The summed E-state index contributed by atoms with van der Waals surface area (Å²) in [4.78, 5) is 38.8. The minimum Gasteiger partial charge on any atom is -0.491 e. The molecule has 158 valence electrons. The van der Waals surface area contributed by atoms with Gasteiger partial charge in [0.2, 0.25) is 5.78 Å². The molecule has 0 bridgehead atoms. The number of esters is 1. The van der Waals surface area contributed by atoms with Gasteiger partial charge in [0.25, 0.3) is 5.91 Å². The lowest BCUT2D eigenvalue weighted by Crippen LogP contribution is -2.34. The van der Waals surface area contributed by atoms with E-state index >= 15 is 0 Å². The molecule has 0 N–H and O–H groups in total. The molecule has 3 rings (SSSR count). The van der Waals surface area contributed by atoms with E-state index < -0.39 is 17.6 Å². The van der Waals surface area contributed by atoms with Crippen LogP contribution < -0.4 is 0 Å². The summed E-state index contributed by atoms with van der Waals surface area (Å²) in [6.45, 7) is 3.84. The number of amides is 1. The summed E-state index contributed by atoms with van der Waals surface area (Å²) < 4.78 is 29.1. The summed E-state index contributed by atoms with van der Waals surface area (Å²) in [7, 11) is 2.56. The van der Waals surface area contributed by atoms with Gasteiger partial charge in [-0.25, -0.2) is 9.18 Å². The summed E-state index contributed by atoms with van der Waals surface area (Å²) in [6, 6.07) is 6.81. The van der Waals surface area contributed by atoms with Crippen LogP contribution in [-0.4, -0.2) is 49.4 Å². The number of carbonyl (C=O) groups is 3. The zero-order valence-electron chi connectivity index (χ0n) is 17.2. The highest BCUT2D eigenvalue weighted by Crippen LogP contribution is 2.26. The van der Waals surface area contributed by atoms with Gasteiger partial charge in [-0.3, -0.25) is 9.59 Å². The Morgan fingerprint density at radius 1 is 1.20 bits per heavy atom. The molecule has 0 aliphatic carbocycles. The highest BCUT2D eigenvalue weighted by Gasteiger charge is 2.37. The number of rotatable bonds is 7. The van der Waals surface area contributed by atoms with Crippen LogP contribution >= 0.6 is 0 Å². The van der Waals surface area contributed by atoms with Crippen molar-refractivity contribution in [2.45, 2.75) is 26.3 Å². The molecule has 8 heteroatoms. The molecule has 0 unspecified atom stereocenters. The van der Waals surface area contributed by atoms with E-state index in [-0.39, 0.29) is 47.6 Å². The minimum absolute atomic E-state index is 0.0122. The Bertz CT molecular complexity index is 1040. The van der Waals surface area contributed by atoms with E-state index in [2.05, 4.69) is 0 Å². The fraction of sp³-hybridized carbons (Fsp3) is 0.318. The van der Waals surface area contributed by atoms with Crippen molar-refractivity contribution in [1.82, 2.24) is 4.90 Å². The number of halogens is 1. The first-order valence-corrected chi connectivity index (χ1v) is 9.35. The molecular formula is C22H22FNO6. The van der Waals surface area contributed by atoms with Gasteiger partial charge in [0, 0.05) is 12.5 Å². The second kappa shape index (κ2) is 8.52. The summed E-state index contributed by atoms with van der Waals surface area (Å²) in [5.41, 5.74) is 0.810. The maximum absolute atomic E-state index is 13.5. The minimum atomic E-state index is -0.666. The van der Waals surface area contributed by atoms with Crippen molar-refractivity contribution in [2.75, 3.05) is 20.8 Å². The normalized spacial score (nSPS) is 13.9. The molecule has 0 saturated carbocycles. The number of furan rings is 1. The third kappa shape index (κ3) is 3.98. The van der Waals surface area contributed by atoms with Crippen LogP contribution in [0.2, 0.25) is 0 Å². The lowest BCUT2D eigenvalue weighted by molar-refractivity contribution is -0.129. The predicted octanol–water partition coefficient (Wildman–Crippen LogP) is 3.13. The SMILES string of the molecule is COC(=O)c1cc(F)ccc1Cc1ccc(C(=O)C2=C(OC)C(=O)N(C(C)C)C2)o1. The van der Waals surface area contributed by atoms with Crippen molar-refractivity contribution in [1.29, 1.82) is 0 Å². The molecule has 0 atom stereocenters. The number of carbonyl (C=O) groups excluding carboxylic acids is 3. The first-order valence-electron chi connectivity index (χ1n) is 9.35. The van der Waals surface area contributed by atoms with Crippen LogP contribution in [0.4, 0.5) is 4.39 Å². The second-order valence-corrected chi connectivity index (χ2v) is 7.10. The number of benzene rings is 1. The molecule has 1 aromatic carbocycles. The molecule has 0 saturated heterocycles. The van der Waals surface area contributed by atoms with E-state index in [0.717, 1.165) is 6.07 Å². The standard InChI is InChI=1S/C22H22FNO6/c1-12(2)24-11-17(20(28-3)21(24)26)19(25)18-8-7-15(30-18)9-13-5-6-14(23)10-16(13)22(27)29-4/h5-8,10,12H,9,11H2,1-4H3. The fourth-order valence-corrected chi connectivity index (χ4v) is 3.31. The van der Waals surface area contributed by atoms with Crippen molar-refractivity contribution in [3.05, 3.63) is 70.1 Å². The summed E-state index contributed by atoms with van der Waals surface area (Å²) in [5.74, 6) is -1.54. The summed E-state index contributed by atoms with van der Waals surface area (Å²) >= 11 is 0. The third-order valence-corrected chi connectivity index (χ3v) is 4.89. The second-order valence-electron chi connectivity index (χ2n) is 7.10. The topological polar surface area (TPSA) is 86.1 Å². The van der Waals surface area contributed by atoms with Gasteiger partial charge in [-0.1, -0.05) is 6.07 Å². The molecule has 2 aromatic rings. The molecule has 0 radical (unpaired) electrons. The fourth-order valence-electron chi connectivity index (χ4n) is 3.31. The molecule has 1 aliphatic heterocycles. The Morgan fingerprint density at radius 2 is 1.93 bits per heavy atom. The zero-order valence-corrected chi connectivity index (χ0v) is 17.2. The van der Waals surface area contributed by atoms with Crippen molar-refractivity contribution >= 4 is 17.7 Å². The Kier molecular flexibility index (Phi) is 6.05. The lowest BCUT2D eigenvalue weighted by atomic mass is 10.0. The molecule has 0 spiro atoms. The van der Waals surface area contributed by atoms with Crippen LogP contribution in [0.1, 0.15) is 46.1 Å². The monoisotopic (exact) mass is 415 g/mol. The summed E-state index contributed by atoms with van der Waals surface area (Å²) in [6.07, 6.45) is 0.158. The molecule has 2 heterocycles. The van der Waals surface area contributed by atoms with Gasteiger partial charge >= 0.3 is 5.97 Å². The van der Waals surface area contributed by atoms with Crippen LogP contribution in [0.3, 0.4) is 0 Å². The molecule has 30 heavy (non-hydrogen) atoms. The first kappa shape index (κ1) is 21.3. The van der Waals surface area contributed by atoms with Crippen LogP contribution in [0.25, 0.3) is 0 Å². The van der Waals surface area contributed by atoms with E-state index in [1.165, 1.54) is 37.3 Å². The van der Waals surface area contributed by atoms with Gasteiger partial charge in [0.05, 0.1) is 31.9 Å². The molecule has 0 fully saturated rings. The Hall–Kier alpha value is -3.42. The first-order chi connectivity index (χ1) is 14.3. The van der Waals surface area contributed by atoms with Crippen LogP contribution in [0, 0.1) is 5.82 Å². The van der Waals surface area contributed by atoms with E-state index in [1.54, 1.807) is 6.07 Å². The molecular weight excluding hydrogens is 393 g/mol. The Labute approximate surface area is 173 Å². The van der Waals surface area contributed by atoms with Crippen molar-refractivity contribution in [2.24, 2.45) is 0 Å². The van der Waals surface area contributed by atoms with Crippen LogP contribution in [0.5, 0.6) is 0 Å². The van der Waals surface area contributed by atoms with E-state index in [0.29, 0.717) is 11.3 Å². The highest BCUT2D eigenvalue weighted by atomic mass is 19.1. The lowest BCUT2D eigenvalue weighted by Gasteiger charge is -2.20. The van der Waals surface area contributed by atoms with E-state index in [1.807, 2.05) is 13.8 Å². The Morgan fingerprint density at radius 3 is 2.57 bits per heavy atom. The summed E-state index contributed by atoms with van der Waals surface area (Å²) in [5, 5.41) is 0. The smallest absolute Gasteiger partial charge is 0.338 e. The van der Waals surface area contributed by atoms with E-state index in [4.69, 9.17) is 13.9 Å². The van der Waals surface area contributed by atoms with Gasteiger partial charge in [0.1, 0.15) is 11.6 Å². The number of Topliss-reactive ketones (excluding diaryl/α,β-unsaturated/α-hetero) is 1. The third-order valence-electron chi connectivity index (χ3n) is 4.89. The molecule has 1 aliphatic rings. The number of hydrogen-bond donors (Lipinski definition) is 0. The van der Waals surface area contributed by atoms with Crippen LogP contribution in [-0.2, 0) is 20.7 Å². The largest absolute Gasteiger partial charge is 0.491 e. The maximum Gasteiger partial charge on any atom is 0.338 e. The van der Waals surface area contributed by atoms with Crippen molar-refractivity contribution in [3.63, 3.8) is 0 Å². The van der Waals surface area contributed by atoms with Gasteiger partial charge in [-0.15, -0.1) is 0 Å². The number of ether oxygens (including phenoxy) is 2. The predicted molar refractivity (Wildman–Crippen MR) is 104 cm³/mol. The molecule has 1 amide bonds. The zero-order chi connectivity index (χ0) is 22.0.